The van der Waals surface area contributed by atoms with E-state index in [1.807, 2.05) is 36.4 Å². The highest BCUT2D eigenvalue weighted by molar-refractivity contribution is 5.70. The molecule has 49 heavy (non-hydrogen) atoms. The Morgan fingerprint density at radius 1 is 0.857 bits per heavy atom. The number of carboxylic acid groups (broad SMARTS) is 1. The highest BCUT2D eigenvalue weighted by atomic mass is 16.4. The van der Waals surface area contributed by atoms with E-state index in [0.29, 0.717) is 32.1 Å². The second kappa shape index (κ2) is 19.9. The van der Waals surface area contributed by atoms with Gasteiger partial charge in [-0.1, -0.05) is 114 Å². The summed E-state index contributed by atoms with van der Waals surface area (Å²) in [6, 6.07) is 19.8. The number of nitrogens with one attached hydrogen (secondary N) is 1. The fraction of sp³-hybridized carbons (Fsp3) is 0.595. The fourth-order valence-corrected chi connectivity index (χ4v) is 7.85. The lowest BCUT2D eigenvalue weighted by molar-refractivity contribution is -0.146. The molecule has 5 atom stereocenters. The molecule has 4 rings (SSSR count). The van der Waals surface area contributed by atoms with Gasteiger partial charge in [-0.25, -0.2) is 0 Å². The number of hydrogen-bond donors (Lipinski definition) is 6. The third-order valence-corrected chi connectivity index (χ3v) is 10.9. The van der Waals surface area contributed by atoms with Crippen LogP contribution in [-0.4, -0.2) is 54.3 Å². The average molecular weight is 676 g/mol. The molecule has 0 amide bonds. The summed E-state index contributed by atoms with van der Waals surface area (Å²) in [6.07, 6.45) is 14.7. The number of aromatic amines is 1. The summed E-state index contributed by atoms with van der Waals surface area (Å²) >= 11 is 0. The van der Waals surface area contributed by atoms with Crippen LogP contribution in [-0.2, 0) is 17.6 Å². The molecule has 0 spiro atoms. The topological polar surface area (TPSA) is 134 Å². The number of phenols is 1. The molecule has 1 aliphatic rings. The van der Waals surface area contributed by atoms with Crippen molar-refractivity contribution in [1.82, 2.24) is 4.98 Å². The van der Waals surface area contributed by atoms with Gasteiger partial charge in [0.15, 0.2) is 0 Å². The molecule has 0 saturated heterocycles. The van der Waals surface area contributed by atoms with Gasteiger partial charge in [0, 0.05) is 28.9 Å². The molecule has 0 unspecified atom stereocenters. The first-order chi connectivity index (χ1) is 23.7. The first kappa shape index (κ1) is 38.7. The molecule has 1 fully saturated rings. The van der Waals surface area contributed by atoms with Crippen molar-refractivity contribution in [2.45, 2.75) is 147 Å². The number of carbonyl (C=O) groups is 1. The number of benzene rings is 2. The van der Waals surface area contributed by atoms with E-state index in [1.54, 1.807) is 6.07 Å². The Morgan fingerprint density at radius 2 is 1.55 bits per heavy atom. The second-order valence-electron chi connectivity index (χ2n) is 14.7. The Hall–Kier alpha value is -3.13. The maximum atomic E-state index is 12.1. The lowest BCUT2D eigenvalue weighted by Crippen LogP contribution is -2.37. The fourth-order valence-electron chi connectivity index (χ4n) is 7.85. The number of unbranched alkanes of at least 4 members (excludes halogenated alkanes) is 7. The summed E-state index contributed by atoms with van der Waals surface area (Å²) in [4.78, 5) is 15.6. The predicted molar refractivity (Wildman–Crippen MR) is 197 cm³/mol. The molecule has 7 heteroatoms. The smallest absolute Gasteiger partial charge is 0.309 e. The van der Waals surface area contributed by atoms with Gasteiger partial charge in [-0.3, -0.25) is 4.79 Å². The molecule has 7 nitrogen and oxygen atoms in total. The monoisotopic (exact) mass is 675 g/mol. The summed E-state index contributed by atoms with van der Waals surface area (Å²) < 4.78 is 0. The van der Waals surface area contributed by atoms with Gasteiger partial charge in [-0.15, -0.1) is 0 Å². The lowest BCUT2D eigenvalue weighted by Gasteiger charge is -2.32. The van der Waals surface area contributed by atoms with Crippen molar-refractivity contribution < 1.29 is 30.3 Å². The van der Waals surface area contributed by atoms with Crippen LogP contribution in [0.15, 0.2) is 60.7 Å². The quantitative estimate of drug-likeness (QED) is 0.0556. The minimum atomic E-state index is -0.997. The zero-order chi connectivity index (χ0) is 35.1. The largest absolute Gasteiger partial charge is 0.508 e. The Morgan fingerprint density at radius 3 is 2.24 bits per heavy atom. The number of hydrogen-bond acceptors (Lipinski definition) is 5. The number of aliphatic hydroxyl groups is 3. The lowest BCUT2D eigenvalue weighted by atomic mass is 9.81. The van der Waals surface area contributed by atoms with Gasteiger partial charge in [0.2, 0.25) is 0 Å². The Labute approximate surface area is 293 Å². The maximum absolute atomic E-state index is 12.1. The van der Waals surface area contributed by atoms with Crippen LogP contribution in [0, 0.1) is 11.8 Å². The van der Waals surface area contributed by atoms with Crippen molar-refractivity contribution in [2.75, 3.05) is 0 Å². The number of aliphatic carboxylic acids is 1. The molecule has 2 aromatic carbocycles. The molecule has 0 radical (unpaired) electrons. The number of phenolic OH excluding ortho intramolecular Hbond substituents is 1. The standard InChI is InChI=1S/C42H61NO6/c1-2-3-4-5-11-19-34(44)20-12-6-7-13-21-36(41(47)48)40(46)26-28-42(49)27-15-18-32(42)30-33-24-25-38(43-33)35-22-14-23-39(45)37(35)29-31-16-9-8-10-17-31/h8-10,14,16-17,22-25,32,34,36,40,43-46,49H,2-7,11-13,15,18-21,26-30H2,1H3,(H,47,48)/t32-,34-,36-,40+,42-/m0/s1. The van der Waals surface area contributed by atoms with Crippen molar-refractivity contribution in [3.05, 3.63) is 77.5 Å². The van der Waals surface area contributed by atoms with Crippen LogP contribution >= 0.6 is 0 Å². The van der Waals surface area contributed by atoms with Gasteiger partial charge in [0.05, 0.1) is 23.7 Å². The van der Waals surface area contributed by atoms with Crippen LogP contribution in [0.2, 0.25) is 0 Å². The van der Waals surface area contributed by atoms with E-state index in [2.05, 4.69) is 30.1 Å². The maximum Gasteiger partial charge on any atom is 0.309 e. The summed E-state index contributed by atoms with van der Waals surface area (Å²) in [6.45, 7) is 2.20. The van der Waals surface area contributed by atoms with E-state index in [1.165, 1.54) is 25.7 Å². The number of H-pyrrole nitrogens is 1. The third-order valence-electron chi connectivity index (χ3n) is 10.9. The molecule has 0 aliphatic heterocycles. The van der Waals surface area contributed by atoms with Crippen molar-refractivity contribution in [3.8, 4) is 17.0 Å². The molecule has 0 bridgehead atoms. The van der Waals surface area contributed by atoms with Gasteiger partial charge in [-0.2, -0.15) is 0 Å². The zero-order valence-corrected chi connectivity index (χ0v) is 29.7. The van der Waals surface area contributed by atoms with Crippen molar-refractivity contribution >= 4 is 5.97 Å². The number of aromatic hydroxyl groups is 1. The molecule has 1 heterocycles. The van der Waals surface area contributed by atoms with Gasteiger partial charge in [-0.05, 0) is 81.0 Å². The summed E-state index contributed by atoms with van der Waals surface area (Å²) in [5.41, 5.74) is 3.92. The number of rotatable bonds is 23. The zero-order valence-electron chi connectivity index (χ0n) is 29.7. The van der Waals surface area contributed by atoms with Gasteiger partial charge in [0.25, 0.3) is 0 Å². The summed E-state index contributed by atoms with van der Waals surface area (Å²) in [5, 5.41) is 53.6. The Kier molecular flexibility index (Phi) is 15.7. The summed E-state index contributed by atoms with van der Waals surface area (Å²) in [5.74, 6) is -1.54. The van der Waals surface area contributed by atoms with E-state index in [4.69, 9.17) is 0 Å². The van der Waals surface area contributed by atoms with E-state index in [0.717, 1.165) is 85.9 Å². The molecular formula is C42H61NO6. The van der Waals surface area contributed by atoms with Gasteiger partial charge >= 0.3 is 5.97 Å². The van der Waals surface area contributed by atoms with E-state index < -0.39 is 23.6 Å². The molecule has 1 saturated carbocycles. The normalized spacial score (nSPS) is 19.6. The SMILES string of the molecule is CCCCCCC[C@H](O)CCCCCC[C@H](C(=O)O)[C@H](O)CC[C@@]1(O)CCC[C@H]1Cc1ccc(-c2cccc(O)c2Cc2ccccc2)[nH]1. The first-order valence-electron chi connectivity index (χ1n) is 19.0. The van der Waals surface area contributed by atoms with E-state index in [-0.39, 0.29) is 24.2 Å². The molecule has 1 aromatic heterocycles. The molecular weight excluding hydrogens is 614 g/mol. The average Bonchev–Trinajstić information content (AvgIpc) is 3.71. The first-order valence-corrected chi connectivity index (χ1v) is 19.0. The minimum Gasteiger partial charge on any atom is -0.508 e. The Balaban J connectivity index is 1.24. The molecule has 270 valence electrons. The predicted octanol–water partition coefficient (Wildman–Crippen LogP) is 8.96. The van der Waals surface area contributed by atoms with Crippen molar-refractivity contribution in [1.29, 1.82) is 0 Å². The molecule has 6 N–H and O–H groups in total. The van der Waals surface area contributed by atoms with Crippen LogP contribution in [0.5, 0.6) is 5.75 Å². The number of aromatic nitrogens is 1. The highest BCUT2D eigenvalue weighted by Gasteiger charge is 2.42. The third kappa shape index (κ3) is 12.0. The molecule has 3 aromatic rings. The minimum absolute atomic E-state index is 0.00846. The second-order valence-corrected chi connectivity index (χ2v) is 14.7. The van der Waals surface area contributed by atoms with Crippen LogP contribution in [0.4, 0.5) is 0 Å². The van der Waals surface area contributed by atoms with Crippen LogP contribution in [0.25, 0.3) is 11.3 Å². The van der Waals surface area contributed by atoms with Crippen molar-refractivity contribution in [3.63, 3.8) is 0 Å². The van der Waals surface area contributed by atoms with Gasteiger partial charge < -0.3 is 30.5 Å². The van der Waals surface area contributed by atoms with E-state index >= 15 is 0 Å². The summed E-state index contributed by atoms with van der Waals surface area (Å²) in [7, 11) is 0. The highest BCUT2D eigenvalue weighted by Crippen LogP contribution is 2.42. The van der Waals surface area contributed by atoms with Crippen LogP contribution in [0.1, 0.15) is 133 Å². The number of aliphatic hydroxyl groups excluding tert-OH is 2. The van der Waals surface area contributed by atoms with Crippen LogP contribution < -0.4 is 0 Å². The number of carboxylic acids is 1. The van der Waals surface area contributed by atoms with Crippen LogP contribution in [0.3, 0.4) is 0 Å². The Bertz CT molecular complexity index is 1390. The molecule has 1 aliphatic carbocycles. The van der Waals surface area contributed by atoms with Crippen molar-refractivity contribution in [2.24, 2.45) is 11.8 Å². The van der Waals surface area contributed by atoms with Gasteiger partial charge in [0.1, 0.15) is 5.75 Å². The van der Waals surface area contributed by atoms with E-state index in [9.17, 15) is 30.3 Å².